The van der Waals surface area contributed by atoms with Gasteiger partial charge in [0.05, 0.1) is 64.6 Å². The van der Waals surface area contributed by atoms with Crippen molar-refractivity contribution >= 4 is 17.5 Å². The van der Waals surface area contributed by atoms with Crippen molar-refractivity contribution in [2.24, 2.45) is 0 Å². The first-order chi connectivity index (χ1) is 14.7. The summed E-state index contributed by atoms with van der Waals surface area (Å²) in [6, 6.07) is 1.84. The van der Waals surface area contributed by atoms with Crippen molar-refractivity contribution in [1.29, 1.82) is 0 Å². The van der Waals surface area contributed by atoms with Gasteiger partial charge in [-0.15, -0.1) is 6.42 Å². The number of pyridine rings is 1. The maximum absolute atomic E-state index is 12.4. The highest BCUT2D eigenvalue weighted by atomic mass is 16.6. The summed E-state index contributed by atoms with van der Waals surface area (Å²) in [5.74, 6) is 2.30. The van der Waals surface area contributed by atoms with Gasteiger partial charge in [-0.2, -0.15) is 0 Å². The lowest BCUT2D eigenvalue weighted by Crippen LogP contribution is -2.64. The van der Waals surface area contributed by atoms with Gasteiger partial charge in [-0.1, -0.05) is 5.92 Å². The third-order valence-electron chi connectivity index (χ3n) is 5.06. The summed E-state index contributed by atoms with van der Waals surface area (Å²) in [6.07, 6.45) is 8.65. The summed E-state index contributed by atoms with van der Waals surface area (Å²) in [5.41, 5.74) is 1.03. The number of likely N-dealkylation sites (tertiary alicyclic amines) is 1. The van der Waals surface area contributed by atoms with Crippen LogP contribution < -0.4 is 5.32 Å². The molecule has 1 aromatic rings. The Labute approximate surface area is 176 Å². The van der Waals surface area contributed by atoms with Crippen molar-refractivity contribution in [3.8, 4) is 12.3 Å². The number of nitrogens with one attached hydrogen (secondary N) is 1. The molecule has 9 nitrogen and oxygen atoms in total. The highest BCUT2D eigenvalue weighted by molar-refractivity contribution is 6.08. The second kappa shape index (κ2) is 11.0. The fourth-order valence-corrected chi connectivity index (χ4v) is 3.48. The first-order valence-electron chi connectivity index (χ1n) is 9.95. The maximum Gasteiger partial charge on any atom is 0.238 e. The summed E-state index contributed by atoms with van der Waals surface area (Å²) >= 11 is 0. The number of nitrogens with zero attached hydrogens (tertiary/aromatic N) is 2. The van der Waals surface area contributed by atoms with Crippen LogP contribution in [0.1, 0.15) is 12.0 Å². The van der Waals surface area contributed by atoms with E-state index in [1.165, 1.54) is 0 Å². The molecule has 3 heterocycles. The van der Waals surface area contributed by atoms with E-state index < -0.39 is 5.41 Å². The summed E-state index contributed by atoms with van der Waals surface area (Å²) in [6.45, 7) is 4.12. The maximum atomic E-state index is 12.4. The van der Waals surface area contributed by atoms with E-state index in [0.29, 0.717) is 65.9 Å². The van der Waals surface area contributed by atoms with E-state index in [9.17, 15) is 9.59 Å². The Kier molecular flexibility index (Phi) is 8.16. The SMILES string of the molecule is C#CCOCCOCCOCCOCCC(=O)N1CC2(C1)C(=O)Nc1cnccc12. The molecule has 1 saturated heterocycles. The number of amides is 2. The van der Waals surface area contributed by atoms with E-state index in [2.05, 4.69) is 16.2 Å². The Balaban J connectivity index is 1.20. The highest BCUT2D eigenvalue weighted by Gasteiger charge is 2.56. The summed E-state index contributed by atoms with van der Waals surface area (Å²) in [5, 5.41) is 2.85. The third kappa shape index (κ3) is 5.34. The molecule has 0 unspecified atom stereocenters. The molecule has 0 radical (unpaired) electrons. The minimum Gasteiger partial charge on any atom is -0.379 e. The van der Waals surface area contributed by atoms with E-state index in [0.717, 1.165) is 11.3 Å². The molecule has 2 aliphatic heterocycles. The predicted octanol–water partition coefficient (Wildman–Crippen LogP) is 0.203. The van der Waals surface area contributed by atoms with Gasteiger partial charge in [0.1, 0.15) is 12.0 Å². The standard InChI is InChI=1S/C21H27N3O6/c1-2-6-27-8-10-29-12-13-30-11-9-28-7-4-19(25)24-15-21(16-24)17-3-5-22-14-18(17)23-20(21)26/h1,3,5,14H,4,6-13,15-16H2,(H,23,26). The number of fused-ring (bicyclic) bond motifs is 2. The zero-order valence-electron chi connectivity index (χ0n) is 16.9. The Bertz CT molecular complexity index is 772. The Morgan fingerprint density at radius 2 is 1.73 bits per heavy atom. The average Bonchev–Trinajstić information content (AvgIpc) is 3.02. The molecular formula is C21H27N3O6. The van der Waals surface area contributed by atoms with Gasteiger partial charge in [0, 0.05) is 19.3 Å². The smallest absolute Gasteiger partial charge is 0.238 e. The van der Waals surface area contributed by atoms with Crippen molar-refractivity contribution < 1.29 is 28.5 Å². The molecule has 0 bridgehead atoms. The van der Waals surface area contributed by atoms with Crippen molar-refractivity contribution in [1.82, 2.24) is 9.88 Å². The van der Waals surface area contributed by atoms with Gasteiger partial charge in [0.2, 0.25) is 11.8 Å². The number of carbonyl (C=O) groups excluding carboxylic acids is 2. The van der Waals surface area contributed by atoms with Gasteiger partial charge in [0.25, 0.3) is 0 Å². The molecule has 30 heavy (non-hydrogen) atoms. The molecule has 1 aromatic heterocycles. The van der Waals surface area contributed by atoms with Gasteiger partial charge in [0.15, 0.2) is 0 Å². The van der Waals surface area contributed by atoms with Crippen LogP contribution in [0.25, 0.3) is 0 Å². The minimum atomic E-state index is -0.627. The molecule has 0 atom stereocenters. The van der Waals surface area contributed by atoms with Crippen LogP contribution in [0.3, 0.4) is 0 Å². The molecule has 0 saturated carbocycles. The highest BCUT2D eigenvalue weighted by Crippen LogP contribution is 2.43. The molecule has 1 spiro atoms. The molecule has 9 heteroatoms. The number of hydrogen-bond acceptors (Lipinski definition) is 7. The van der Waals surface area contributed by atoms with E-state index in [1.54, 1.807) is 17.3 Å². The van der Waals surface area contributed by atoms with E-state index in [4.69, 9.17) is 25.4 Å². The number of terminal acetylenes is 1. The van der Waals surface area contributed by atoms with Gasteiger partial charge in [-0.05, 0) is 11.6 Å². The lowest BCUT2D eigenvalue weighted by atomic mass is 9.75. The topological polar surface area (TPSA) is 99.2 Å². The van der Waals surface area contributed by atoms with Crippen molar-refractivity contribution in [2.75, 3.05) is 71.3 Å². The Morgan fingerprint density at radius 3 is 2.40 bits per heavy atom. The van der Waals surface area contributed by atoms with Crippen LogP contribution in [0.15, 0.2) is 18.5 Å². The number of anilines is 1. The molecule has 2 amide bonds. The summed E-state index contributed by atoms with van der Waals surface area (Å²) < 4.78 is 21.2. The fraction of sp³-hybridized carbons (Fsp3) is 0.571. The molecule has 162 valence electrons. The summed E-state index contributed by atoms with van der Waals surface area (Å²) in [7, 11) is 0. The van der Waals surface area contributed by atoms with Gasteiger partial charge in [-0.25, -0.2) is 0 Å². The Morgan fingerprint density at radius 1 is 1.10 bits per heavy atom. The molecule has 0 aromatic carbocycles. The minimum absolute atomic E-state index is 0.0164. The largest absolute Gasteiger partial charge is 0.379 e. The molecular weight excluding hydrogens is 390 g/mol. The first-order valence-corrected chi connectivity index (χ1v) is 9.95. The molecule has 3 rings (SSSR count). The fourth-order valence-electron chi connectivity index (χ4n) is 3.48. The Hall–Kier alpha value is -2.51. The van der Waals surface area contributed by atoms with Crippen molar-refractivity contribution in [3.63, 3.8) is 0 Å². The molecule has 2 aliphatic rings. The molecule has 1 fully saturated rings. The zero-order chi connectivity index (χ0) is 21.2. The van der Waals surface area contributed by atoms with Gasteiger partial charge in [-0.3, -0.25) is 14.6 Å². The second-order valence-corrected chi connectivity index (χ2v) is 7.05. The van der Waals surface area contributed by atoms with Crippen LogP contribution in [0.5, 0.6) is 0 Å². The third-order valence-corrected chi connectivity index (χ3v) is 5.06. The van der Waals surface area contributed by atoms with Crippen LogP contribution in [-0.2, 0) is 34.0 Å². The number of hydrogen-bond donors (Lipinski definition) is 1. The van der Waals surface area contributed by atoms with E-state index in [-0.39, 0.29) is 18.2 Å². The zero-order valence-corrected chi connectivity index (χ0v) is 16.9. The van der Waals surface area contributed by atoms with Gasteiger partial charge < -0.3 is 29.2 Å². The van der Waals surface area contributed by atoms with Crippen LogP contribution in [0, 0.1) is 12.3 Å². The number of rotatable bonds is 13. The van der Waals surface area contributed by atoms with E-state index >= 15 is 0 Å². The molecule has 1 N–H and O–H groups in total. The number of ether oxygens (including phenoxy) is 4. The molecule has 0 aliphatic carbocycles. The quantitative estimate of drug-likeness (QED) is 0.362. The number of aromatic nitrogens is 1. The lowest BCUT2D eigenvalue weighted by molar-refractivity contribution is -0.144. The lowest BCUT2D eigenvalue weighted by Gasteiger charge is -2.46. The summed E-state index contributed by atoms with van der Waals surface area (Å²) in [4.78, 5) is 30.4. The van der Waals surface area contributed by atoms with Crippen LogP contribution in [-0.4, -0.2) is 87.6 Å². The first kappa shape index (κ1) is 22.2. The van der Waals surface area contributed by atoms with Crippen LogP contribution >= 0.6 is 0 Å². The monoisotopic (exact) mass is 417 g/mol. The van der Waals surface area contributed by atoms with Crippen LogP contribution in [0.4, 0.5) is 5.69 Å². The van der Waals surface area contributed by atoms with Crippen molar-refractivity contribution in [3.05, 3.63) is 24.0 Å². The predicted molar refractivity (Wildman–Crippen MR) is 108 cm³/mol. The van der Waals surface area contributed by atoms with Crippen LogP contribution in [0.2, 0.25) is 0 Å². The second-order valence-electron chi connectivity index (χ2n) is 7.05. The van der Waals surface area contributed by atoms with Crippen molar-refractivity contribution in [2.45, 2.75) is 11.8 Å². The normalized spacial score (nSPS) is 16.1. The van der Waals surface area contributed by atoms with Gasteiger partial charge >= 0.3 is 0 Å². The van der Waals surface area contributed by atoms with E-state index in [1.807, 2.05) is 6.07 Å². The average molecular weight is 417 g/mol. The number of carbonyl (C=O) groups is 2.